The van der Waals surface area contributed by atoms with Crippen LogP contribution in [0.3, 0.4) is 0 Å². The Morgan fingerprint density at radius 3 is 2.58 bits per heavy atom. The van der Waals surface area contributed by atoms with Gasteiger partial charge in [-0.2, -0.15) is 0 Å². The van der Waals surface area contributed by atoms with Gasteiger partial charge in [-0.15, -0.1) is 11.3 Å². The van der Waals surface area contributed by atoms with Gasteiger partial charge in [0.25, 0.3) is 0 Å². The molecule has 0 aliphatic rings. The van der Waals surface area contributed by atoms with Gasteiger partial charge in [0.1, 0.15) is 5.01 Å². The molecule has 0 radical (unpaired) electrons. The van der Waals surface area contributed by atoms with Crippen LogP contribution in [0, 0.1) is 0 Å². The number of rotatable bonds is 5. The van der Waals surface area contributed by atoms with Crippen molar-refractivity contribution in [3.05, 3.63) is 68.6 Å². The topological polar surface area (TPSA) is 59.1 Å². The summed E-state index contributed by atoms with van der Waals surface area (Å²) < 4.78 is 28.7. The van der Waals surface area contributed by atoms with Crippen LogP contribution in [0.15, 0.2) is 67.8 Å². The molecule has 0 aliphatic heterocycles. The fraction of sp³-hybridized carbons (Fsp3) is 0.0625. The molecular formula is C16H12Br2N2O2S2. The highest BCUT2D eigenvalue weighted by Crippen LogP contribution is 2.26. The molecule has 0 fully saturated rings. The predicted octanol–water partition coefficient (Wildman–Crippen LogP) is 4.81. The Balaban J connectivity index is 1.76. The van der Waals surface area contributed by atoms with Gasteiger partial charge in [0, 0.05) is 19.9 Å². The van der Waals surface area contributed by atoms with Gasteiger partial charge in [-0.3, -0.25) is 0 Å². The first-order chi connectivity index (χ1) is 11.5. The third-order valence-corrected chi connectivity index (χ3v) is 7.03. The first kappa shape index (κ1) is 17.8. The lowest BCUT2D eigenvalue weighted by atomic mass is 10.2. The Hall–Kier alpha value is -1.06. The van der Waals surface area contributed by atoms with Gasteiger partial charge in [0.05, 0.1) is 17.1 Å². The lowest BCUT2D eigenvalue weighted by Crippen LogP contribution is -2.23. The van der Waals surface area contributed by atoms with Crippen molar-refractivity contribution in [2.24, 2.45) is 0 Å². The van der Waals surface area contributed by atoms with Crippen molar-refractivity contribution in [1.29, 1.82) is 0 Å². The molecule has 0 unspecified atom stereocenters. The van der Waals surface area contributed by atoms with Crippen molar-refractivity contribution in [2.45, 2.75) is 11.4 Å². The number of hydrogen-bond acceptors (Lipinski definition) is 4. The Morgan fingerprint density at radius 2 is 1.83 bits per heavy atom. The summed E-state index contributed by atoms with van der Waals surface area (Å²) in [5.74, 6) is 0. The molecule has 0 atom stereocenters. The second-order valence-electron chi connectivity index (χ2n) is 4.91. The van der Waals surface area contributed by atoms with Gasteiger partial charge in [-0.25, -0.2) is 18.1 Å². The van der Waals surface area contributed by atoms with Crippen molar-refractivity contribution >= 4 is 53.2 Å². The first-order valence-corrected chi connectivity index (χ1v) is 10.8. The molecule has 0 aliphatic carbocycles. The average molecular weight is 488 g/mol. The van der Waals surface area contributed by atoms with Crippen LogP contribution in [0.5, 0.6) is 0 Å². The predicted molar refractivity (Wildman–Crippen MR) is 103 cm³/mol. The van der Waals surface area contributed by atoms with Gasteiger partial charge in [0.2, 0.25) is 10.0 Å². The number of nitrogens with zero attached hydrogens (tertiary/aromatic N) is 1. The molecule has 124 valence electrons. The molecule has 1 aromatic heterocycles. The number of nitrogens with one attached hydrogen (secondary N) is 1. The summed E-state index contributed by atoms with van der Waals surface area (Å²) in [6.07, 6.45) is 0. The lowest BCUT2D eigenvalue weighted by molar-refractivity contribution is 0.580. The van der Waals surface area contributed by atoms with Crippen LogP contribution >= 0.6 is 43.2 Å². The molecule has 0 saturated carbocycles. The molecule has 24 heavy (non-hydrogen) atoms. The van der Waals surface area contributed by atoms with Crippen LogP contribution in [0.2, 0.25) is 0 Å². The van der Waals surface area contributed by atoms with Crippen LogP contribution in [-0.2, 0) is 16.6 Å². The van der Waals surface area contributed by atoms with Crippen molar-refractivity contribution < 1.29 is 8.42 Å². The van der Waals surface area contributed by atoms with E-state index >= 15 is 0 Å². The maximum absolute atomic E-state index is 12.5. The number of benzene rings is 2. The second kappa shape index (κ2) is 7.45. The van der Waals surface area contributed by atoms with Crippen molar-refractivity contribution in [3.63, 3.8) is 0 Å². The fourth-order valence-corrected chi connectivity index (χ4v) is 5.36. The molecule has 3 aromatic rings. The highest BCUT2D eigenvalue weighted by Gasteiger charge is 2.18. The summed E-state index contributed by atoms with van der Waals surface area (Å²) in [6, 6.07) is 14.8. The van der Waals surface area contributed by atoms with Crippen LogP contribution in [-0.4, -0.2) is 13.4 Å². The number of halogens is 2. The molecule has 3 rings (SSSR count). The molecule has 1 N–H and O–H groups in total. The summed E-state index contributed by atoms with van der Waals surface area (Å²) in [5, 5.41) is 2.73. The molecule has 8 heteroatoms. The molecule has 4 nitrogen and oxygen atoms in total. The highest BCUT2D eigenvalue weighted by atomic mass is 79.9. The Bertz CT molecular complexity index is 957. The Morgan fingerprint density at radius 1 is 1.08 bits per heavy atom. The molecule has 0 amide bonds. The average Bonchev–Trinajstić information content (AvgIpc) is 3.05. The van der Waals surface area contributed by atoms with Crippen molar-refractivity contribution in [3.8, 4) is 10.6 Å². The van der Waals surface area contributed by atoms with E-state index in [1.165, 1.54) is 11.3 Å². The summed E-state index contributed by atoms with van der Waals surface area (Å²) >= 11 is 8.06. The third-order valence-electron chi connectivity index (χ3n) is 3.20. The normalized spacial score (nSPS) is 11.6. The molecule has 0 saturated heterocycles. The summed E-state index contributed by atoms with van der Waals surface area (Å²) in [4.78, 5) is 4.68. The molecule has 1 heterocycles. The second-order valence-corrected chi connectivity index (χ2v) is 9.27. The van der Waals surface area contributed by atoms with Crippen molar-refractivity contribution in [1.82, 2.24) is 9.71 Å². The number of thiazole rings is 1. The molecule has 0 spiro atoms. The van der Waals surface area contributed by atoms with Crippen LogP contribution in [0.1, 0.15) is 5.69 Å². The van der Waals surface area contributed by atoms with E-state index in [-0.39, 0.29) is 11.4 Å². The van der Waals surface area contributed by atoms with E-state index in [0.29, 0.717) is 14.6 Å². The Labute approximate surface area is 161 Å². The van der Waals surface area contributed by atoms with Gasteiger partial charge < -0.3 is 0 Å². The lowest BCUT2D eigenvalue weighted by Gasteiger charge is -2.08. The summed E-state index contributed by atoms with van der Waals surface area (Å²) in [6.45, 7) is 0.143. The van der Waals surface area contributed by atoms with Crippen molar-refractivity contribution in [2.75, 3.05) is 0 Å². The van der Waals surface area contributed by atoms with E-state index in [1.54, 1.807) is 18.2 Å². The third kappa shape index (κ3) is 4.12. The maximum atomic E-state index is 12.5. The molecular weight excluding hydrogens is 476 g/mol. The zero-order valence-electron chi connectivity index (χ0n) is 12.2. The molecule has 0 bridgehead atoms. The zero-order chi connectivity index (χ0) is 17.2. The van der Waals surface area contributed by atoms with E-state index < -0.39 is 10.0 Å². The van der Waals surface area contributed by atoms with E-state index in [4.69, 9.17) is 0 Å². The quantitative estimate of drug-likeness (QED) is 0.561. The number of aromatic nitrogens is 1. The largest absolute Gasteiger partial charge is 0.242 e. The molecule has 2 aromatic carbocycles. The fourth-order valence-electron chi connectivity index (χ4n) is 2.03. The maximum Gasteiger partial charge on any atom is 0.242 e. The van der Waals surface area contributed by atoms with E-state index in [9.17, 15) is 8.42 Å². The minimum absolute atomic E-state index is 0.143. The van der Waals surface area contributed by atoms with Gasteiger partial charge in [-0.05, 0) is 34.1 Å². The Kier molecular flexibility index (Phi) is 5.51. The first-order valence-electron chi connectivity index (χ1n) is 6.90. The minimum Gasteiger partial charge on any atom is -0.240 e. The summed E-state index contributed by atoms with van der Waals surface area (Å²) in [5.41, 5.74) is 1.71. The summed E-state index contributed by atoms with van der Waals surface area (Å²) in [7, 11) is -3.63. The number of hydrogen-bond donors (Lipinski definition) is 1. The monoisotopic (exact) mass is 486 g/mol. The number of sulfonamides is 1. The van der Waals surface area contributed by atoms with Crippen LogP contribution in [0.25, 0.3) is 10.6 Å². The minimum atomic E-state index is -3.63. The SMILES string of the molecule is O=S(=O)(NCc1csc(-c2ccccc2)n1)c1cc(Br)ccc1Br. The van der Waals surface area contributed by atoms with E-state index in [2.05, 4.69) is 41.6 Å². The van der Waals surface area contributed by atoms with Crippen LogP contribution < -0.4 is 4.72 Å². The van der Waals surface area contributed by atoms with Gasteiger partial charge in [-0.1, -0.05) is 46.3 Å². The standard InChI is InChI=1S/C16H12Br2N2O2S2/c17-12-6-7-14(18)15(8-12)24(21,22)19-9-13-10-23-16(20-13)11-4-2-1-3-5-11/h1-8,10,19H,9H2. The van der Waals surface area contributed by atoms with Crippen LogP contribution in [0.4, 0.5) is 0 Å². The van der Waals surface area contributed by atoms with E-state index in [1.807, 2.05) is 35.7 Å². The zero-order valence-corrected chi connectivity index (χ0v) is 17.0. The van der Waals surface area contributed by atoms with E-state index in [0.717, 1.165) is 10.6 Å². The van der Waals surface area contributed by atoms with Gasteiger partial charge >= 0.3 is 0 Å². The highest BCUT2D eigenvalue weighted by molar-refractivity contribution is 9.11. The van der Waals surface area contributed by atoms with Gasteiger partial charge in [0.15, 0.2) is 0 Å². The smallest absolute Gasteiger partial charge is 0.240 e.